The Labute approximate surface area is 135 Å². The van der Waals surface area contributed by atoms with E-state index in [0.717, 1.165) is 29.8 Å². The zero-order valence-electron chi connectivity index (χ0n) is 13.4. The first kappa shape index (κ1) is 15.4. The van der Waals surface area contributed by atoms with E-state index < -0.39 is 0 Å². The van der Waals surface area contributed by atoms with Crippen LogP contribution in [0.4, 0.5) is 5.82 Å². The molecule has 23 heavy (non-hydrogen) atoms. The van der Waals surface area contributed by atoms with Gasteiger partial charge in [-0.3, -0.25) is 4.68 Å². The van der Waals surface area contributed by atoms with Gasteiger partial charge in [-0.2, -0.15) is 5.10 Å². The molecule has 0 amide bonds. The largest absolute Gasteiger partial charge is 0.374 e. The summed E-state index contributed by atoms with van der Waals surface area (Å²) < 4.78 is 7.61. The Bertz CT molecular complexity index is 756. The highest BCUT2D eigenvalue weighted by Gasteiger charge is 2.07. The lowest BCUT2D eigenvalue weighted by molar-refractivity contribution is 0.0656. The number of hydrogen-bond donors (Lipinski definition) is 1. The van der Waals surface area contributed by atoms with Crippen LogP contribution in [-0.2, 0) is 11.8 Å². The number of anilines is 1. The lowest BCUT2D eigenvalue weighted by atomic mass is 10.1. The quantitative estimate of drug-likeness (QED) is 0.680. The van der Waals surface area contributed by atoms with Gasteiger partial charge in [0.1, 0.15) is 12.1 Å². The Morgan fingerprint density at radius 1 is 1.22 bits per heavy atom. The van der Waals surface area contributed by atoms with Gasteiger partial charge >= 0.3 is 0 Å². The number of fused-ring (bicyclic) bond motifs is 1. The first-order valence-corrected chi connectivity index (χ1v) is 7.79. The SMILES string of the molecule is C[C@@H](OCCCNc1ncnc2c1cnn2C)c1ccccc1. The average Bonchev–Trinajstić information content (AvgIpc) is 2.97. The number of nitrogens with one attached hydrogen (secondary N) is 1. The molecule has 0 aliphatic carbocycles. The second-order valence-electron chi connectivity index (χ2n) is 5.43. The van der Waals surface area contributed by atoms with Gasteiger partial charge in [0, 0.05) is 20.2 Å². The molecule has 0 saturated heterocycles. The minimum Gasteiger partial charge on any atom is -0.374 e. The third-order valence-electron chi connectivity index (χ3n) is 3.78. The molecule has 0 radical (unpaired) electrons. The zero-order valence-corrected chi connectivity index (χ0v) is 13.4. The Morgan fingerprint density at radius 3 is 2.87 bits per heavy atom. The van der Waals surface area contributed by atoms with Crippen molar-refractivity contribution in [1.29, 1.82) is 0 Å². The van der Waals surface area contributed by atoms with Crippen LogP contribution in [0.5, 0.6) is 0 Å². The van der Waals surface area contributed by atoms with E-state index in [1.54, 1.807) is 17.2 Å². The number of benzene rings is 1. The van der Waals surface area contributed by atoms with Crippen molar-refractivity contribution in [3.05, 3.63) is 48.4 Å². The van der Waals surface area contributed by atoms with E-state index in [-0.39, 0.29) is 6.10 Å². The Kier molecular flexibility index (Phi) is 4.83. The van der Waals surface area contributed by atoms with E-state index in [1.165, 1.54) is 5.56 Å². The molecule has 0 fully saturated rings. The molecular weight excluding hydrogens is 290 g/mol. The molecule has 0 aliphatic rings. The second kappa shape index (κ2) is 7.19. The van der Waals surface area contributed by atoms with Crippen molar-refractivity contribution < 1.29 is 4.74 Å². The van der Waals surface area contributed by atoms with Crippen LogP contribution < -0.4 is 5.32 Å². The van der Waals surface area contributed by atoms with Gasteiger partial charge in [0.2, 0.25) is 0 Å². The zero-order chi connectivity index (χ0) is 16.1. The third kappa shape index (κ3) is 3.65. The van der Waals surface area contributed by atoms with E-state index in [1.807, 2.05) is 25.2 Å². The van der Waals surface area contributed by atoms with Crippen LogP contribution in [0.1, 0.15) is 25.0 Å². The molecule has 2 heterocycles. The second-order valence-corrected chi connectivity index (χ2v) is 5.43. The van der Waals surface area contributed by atoms with Gasteiger partial charge in [0.05, 0.1) is 17.7 Å². The molecule has 0 bridgehead atoms. The Morgan fingerprint density at radius 2 is 2.04 bits per heavy atom. The van der Waals surface area contributed by atoms with Gasteiger partial charge in [0.25, 0.3) is 0 Å². The van der Waals surface area contributed by atoms with Crippen LogP contribution in [0.3, 0.4) is 0 Å². The van der Waals surface area contributed by atoms with Crippen LogP contribution in [0, 0.1) is 0 Å². The van der Waals surface area contributed by atoms with Crippen LogP contribution in [0.15, 0.2) is 42.9 Å². The van der Waals surface area contributed by atoms with E-state index in [2.05, 4.69) is 39.4 Å². The highest BCUT2D eigenvalue weighted by Crippen LogP contribution is 2.18. The number of aryl methyl sites for hydroxylation is 1. The van der Waals surface area contributed by atoms with Crippen molar-refractivity contribution in [1.82, 2.24) is 19.7 Å². The topological polar surface area (TPSA) is 64.9 Å². The summed E-state index contributed by atoms with van der Waals surface area (Å²) in [6, 6.07) is 10.3. The lowest BCUT2D eigenvalue weighted by Gasteiger charge is -2.13. The fraction of sp³-hybridized carbons (Fsp3) is 0.353. The number of rotatable bonds is 7. The highest BCUT2D eigenvalue weighted by molar-refractivity contribution is 5.85. The number of ether oxygens (including phenoxy) is 1. The maximum absolute atomic E-state index is 5.87. The molecule has 1 atom stereocenters. The van der Waals surface area contributed by atoms with E-state index >= 15 is 0 Å². The van der Waals surface area contributed by atoms with Crippen LogP contribution in [0.25, 0.3) is 11.0 Å². The Balaban J connectivity index is 1.46. The summed E-state index contributed by atoms with van der Waals surface area (Å²) in [5, 5.41) is 8.48. The van der Waals surface area contributed by atoms with Crippen LogP contribution in [0.2, 0.25) is 0 Å². The maximum Gasteiger partial charge on any atom is 0.163 e. The van der Waals surface area contributed by atoms with Gasteiger partial charge in [-0.1, -0.05) is 30.3 Å². The molecule has 3 aromatic rings. The number of nitrogens with zero attached hydrogens (tertiary/aromatic N) is 4. The van der Waals surface area contributed by atoms with Gasteiger partial charge in [-0.25, -0.2) is 9.97 Å². The van der Waals surface area contributed by atoms with Crippen LogP contribution >= 0.6 is 0 Å². The summed E-state index contributed by atoms with van der Waals surface area (Å²) >= 11 is 0. The summed E-state index contributed by atoms with van der Waals surface area (Å²) in [6.07, 6.45) is 4.36. The number of hydrogen-bond acceptors (Lipinski definition) is 5. The summed E-state index contributed by atoms with van der Waals surface area (Å²) in [5.41, 5.74) is 2.03. The highest BCUT2D eigenvalue weighted by atomic mass is 16.5. The van der Waals surface area contributed by atoms with Gasteiger partial charge in [0.15, 0.2) is 5.65 Å². The Hall–Kier alpha value is -2.47. The van der Waals surface area contributed by atoms with E-state index in [9.17, 15) is 0 Å². The predicted octanol–water partition coefficient (Wildman–Crippen LogP) is 2.94. The summed E-state index contributed by atoms with van der Waals surface area (Å²) in [6.45, 7) is 3.57. The van der Waals surface area contributed by atoms with Crippen molar-refractivity contribution in [2.45, 2.75) is 19.4 Å². The minimum absolute atomic E-state index is 0.111. The minimum atomic E-state index is 0.111. The molecule has 1 N–H and O–H groups in total. The molecule has 120 valence electrons. The molecule has 0 aliphatic heterocycles. The normalized spacial score (nSPS) is 12.4. The summed E-state index contributed by atoms with van der Waals surface area (Å²) in [7, 11) is 1.87. The van der Waals surface area contributed by atoms with Crippen molar-refractivity contribution >= 4 is 16.9 Å². The van der Waals surface area contributed by atoms with Gasteiger partial charge in [-0.05, 0) is 18.9 Å². The molecule has 0 saturated carbocycles. The maximum atomic E-state index is 5.87. The average molecular weight is 311 g/mol. The fourth-order valence-corrected chi connectivity index (χ4v) is 2.46. The van der Waals surface area contributed by atoms with Crippen molar-refractivity contribution in [2.24, 2.45) is 7.05 Å². The first-order chi connectivity index (χ1) is 11.3. The standard InChI is InChI=1S/C17H21N5O/c1-13(14-7-4-3-5-8-14)23-10-6-9-18-16-15-11-21-22(2)17(15)20-12-19-16/h3-5,7-8,11-13H,6,9-10H2,1-2H3,(H,18,19,20)/t13-/m1/s1. The van der Waals surface area contributed by atoms with Crippen molar-refractivity contribution in [3.8, 4) is 0 Å². The summed E-state index contributed by atoms with van der Waals surface area (Å²) in [4.78, 5) is 8.51. The molecule has 0 spiro atoms. The first-order valence-electron chi connectivity index (χ1n) is 7.79. The predicted molar refractivity (Wildman–Crippen MR) is 90.2 cm³/mol. The molecule has 3 rings (SSSR count). The van der Waals surface area contributed by atoms with E-state index in [0.29, 0.717) is 6.61 Å². The molecular formula is C17H21N5O. The van der Waals surface area contributed by atoms with Gasteiger partial charge < -0.3 is 10.1 Å². The molecule has 6 nitrogen and oxygen atoms in total. The van der Waals surface area contributed by atoms with Crippen molar-refractivity contribution in [2.75, 3.05) is 18.5 Å². The number of aromatic nitrogens is 4. The van der Waals surface area contributed by atoms with E-state index in [4.69, 9.17) is 4.74 Å². The van der Waals surface area contributed by atoms with Crippen molar-refractivity contribution in [3.63, 3.8) is 0 Å². The fourth-order valence-electron chi connectivity index (χ4n) is 2.46. The molecule has 0 unspecified atom stereocenters. The smallest absolute Gasteiger partial charge is 0.163 e. The van der Waals surface area contributed by atoms with Gasteiger partial charge in [-0.15, -0.1) is 0 Å². The molecule has 2 aromatic heterocycles. The molecule has 1 aromatic carbocycles. The van der Waals surface area contributed by atoms with Crippen LogP contribution in [-0.4, -0.2) is 32.9 Å². The monoisotopic (exact) mass is 311 g/mol. The summed E-state index contributed by atoms with van der Waals surface area (Å²) in [5.74, 6) is 0.819. The lowest BCUT2D eigenvalue weighted by Crippen LogP contribution is -2.09. The third-order valence-corrected chi connectivity index (χ3v) is 3.78. The molecule has 6 heteroatoms.